The van der Waals surface area contributed by atoms with Crippen LogP contribution in [0.1, 0.15) is 12.5 Å². The molecule has 1 amide bonds. The SMILES string of the molecule is CC(Oc1ccc(Cl)c(Cl)c1)C(=O)NCc1ccc(-n2ccnc2)c(F)c1. The number of hydrogen-bond donors (Lipinski definition) is 1. The largest absolute Gasteiger partial charge is 0.481 e. The Balaban J connectivity index is 1.58. The van der Waals surface area contributed by atoms with E-state index in [1.807, 2.05) is 0 Å². The van der Waals surface area contributed by atoms with Crippen molar-refractivity contribution in [1.29, 1.82) is 0 Å². The fraction of sp³-hybridized carbons (Fsp3) is 0.158. The molecule has 5 nitrogen and oxygen atoms in total. The lowest BCUT2D eigenvalue weighted by Gasteiger charge is -2.15. The number of rotatable bonds is 6. The molecule has 1 unspecified atom stereocenters. The average molecular weight is 408 g/mol. The highest BCUT2D eigenvalue weighted by Gasteiger charge is 2.15. The van der Waals surface area contributed by atoms with Gasteiger partial charge in [0.1, 0.15) is 11.6 Å². The van der Waals surface area contributed by atoms with Crippen LogP contribution < -0.4 is 10.1 Å². The van der Waals surface area contributed by atoms with E-state index in [4.69, 9.17) is 27.9 Å². The Hall–Kier alpha value is -2.57. The van der Waals surface area contributed by atoms with Crippen LogP contribution in [0.3, 0.4) is 0 Å². The zero-order valence-corrected chi connectivity index (χ0v) is 15.8. The minimum absolute atomic E-state index is 0.176. The quantitative estimate of drug-likeness (QED) is 0.658. The van der Waals surface area contributed by atoms with Crippen LogP contribution in [0.15, 0.2) is 55.1 Å². The highest BCUT2D eigenvalue weighted by atomic mass is 35.5. The molecule has 0 radical (unpaired) electrons. The van der Waals surface area contributed by atoms with Gasteiger partial charge >= 0.3 is 0 Å². The first-order valence-electron chi connectivity index (χ1n) is 8.10. The fourth-order valence-electron chi connectivity index (χ4n) is 2.41. The van der Waals surface area contributed by atoms with Gasteiger partial charge in [-0.25, -0.2) is 9.37 Å². The second-order valence-electron chi connectivity index (χ2n) is 5.81. The Morgan fingerprint density at radius 3 is 2.74 bits per heavy atom. The molecule has 0 saturated heterocycles. The average Bonchev–Trinajstić information content (AvgIpc) is 3.17. The minimum Gasteiger partial charge on any atom is -0.481 e. The van der Waals surface area contributed by atoms with Gasteiger partial charge in [0.05, 0.1) is 22.1 Å². The third-order valence-corrected chi connectivity index (χ3v) is 4.57. The first kappa shape index (κ1) is 19.2. The Kier molecular flexibility index (Phi) is 5.98. The molecule has 0 fully saturated rings. The number of amides is 1. The van der Waals surface area contributed by atoms with Gasteiger partial charge in [-0.05, 0) is 36.8 Å². The normalized spacial score (nSPS) is 11.9. The lowest BCUT2D eigenvalue weighted by atomic mass is 10.2. The molecule has 27 heavy (non-hydrogen) atoms. The third kappa shape index (κ3) is 4.78. The molecular formula is C19H16Cl2FN3O2. The van der Waals surface area contributed by atoms with Crippen LogP contribution in [0.2, 0.25) is 10.0 Å². The summed E-state index contributed by atoms with van der Waals surface area (Å²) in [6.45, 7) is 1.79. The number of carbonyl (C=O) groups excluding carboxylic acids is 1. The molecule has 0 spiro atoms. The van der Waals surface area contributed by atoms with Gasteiger partial charge in [-0.3, -0.25) is 4.79 Å². The van der Waals surface area contributed by atoms with E-state index in [9.17, 15) is 9.18 Å². The maximum Gasteiger partial charge on any atom is 0.261 e. The summed E-state index contributed by atoms with van der Waals surface area (Å²) in [5, 5.41) is 3.47. The number of carbonyl (C=O) groups is 1. The number of ether oxygens (including phenoxy) is 1. The molecule has 1 N–H and O–H groups in total. The van der Waals surface area contributed by atoms with Crippen LogP contribution in [-0.4, -0.2) is 21.6 Å². The molecule has 1 heterocycles. The minimum atomic E-state index is -0.752. The topological polar surface area (TPSA) is 56.1 Å². The fourth-order valence-corrected chi connectivity index (χ4v) is 2.70. The van der Waals surface area contributed by atoms with Crippen molar-refractivity contribution in [2.24, 2.45) is 0 Å². The summed E-state index contributed by atoms with van der Waals surface area (Å²) in [4.78, 5) is 16.1. The monoisotopic (exact) mass is 407 g/mol. The molecular weight excluding hydrogens is 392 g/mol. The summed E-state index contributed by atoms with van der Waals surface area (Å²) in [7, 11) is 0. The smallest absolute Gasteiger partial charge is 0.261 e. The molecule has 1 atom stereocenters. The van der Waals surface area contributed by atoms with Gasteiger partial charge in [0.25, 0.3) is 5.91 Å². The summed E-state index contributed by atoms with van der Waals surface area (Å²) in [6.07, 6.45) is 3.99. The first-order valence-corrected chi connectivity index (χ1v) is 8.86. The van der Waals surface area contributed by atoms with Gasteiger partial charge in [0.15, 0.2) is 6.10 Å². The van der Waals surface area contributed by atoms with E-state index in [1.165, 1.54) is 18.5 Å². The highest BCUT2D eigenvalue weighted by molar-refractivity contribution is 6.42. The van der Waals surface area contributed by atoms with Crippen LogP contribution in [0.25, 0.3) is 5.69 Å². The number of hydrogen-bond acceptors (Lipinski definition) is 3. The zero-order valence-electron chi connectivity index (χ0n) is 14.3. The summed E-state index contributed by atoms with van der Waals surface area (Å²) >= 11 is 11.8. The lowest BCUT2D eigenvalue weighted by Crippen LogP contribution is -2.35. The molecule has 140 valence electrons. The lowest BCUT2D eigenvalue weighted by molar-refractivity contribution is -0.127. The molecule has 1 aromatic heterocycles. The molecule has 8 heteroatoms. The van der Waals surface area contributed by atoms with Gasteiger partial charge in [-0.15, -0.1) is 0 Å². The third-order valence-electron chi connectivity index (χ3n) is 3.83. The van der Waals surface area contributed by atoms with E-state index in [1.54, 1.807) is 48.1 Å². The highest BCUT2D eigenvalue weighted by Crippen LogP contribution is 2.26. The van der Waals surface area contributed by atoms with Crippen molar-refractivity contribution in [3.05, 3.63) is 76.5 Å². The molecule has 0 aliphatic heterocycles. The summed E-state index contributed by atoms with van der Waals surface area (Å²) in [6, 6.07) is 9.51. The predicted octanol–water partition coefficient (Wildman–Crippen LogP) is 4.40. The van der Waals surface area contributed by atoms with E-state index in [0.717, 1.165) is 0 Å². The van der Waals surface area contributed by atoms with Crippen LogP contribution in [0, 0.1) is 5.82 Å². The van der Waals surface area contributed by atoms with Gasteiger partial charge < -0.3 is 14.6 Å². The maximum absolute atomic E-state index is 14.2. The molecule has 0 aliphatic carbocycles. The van der Waals surface area contributed by atoms with Crippen molar-refractivity contribution < 1.29 is 13.9 Å². The molecule has 3 aromatic rings. The number of halogens is 3. The van der Waals surface area contributed by atoms with E-state index in [0.29, 0.717) is 27.0 Å². The molecule has 0 aliphatic rings. The Morgan fingerprint density at radius 2 is 2.07 bits per heavy atom. The van der Waals surface area contributed by atoms with Gasteiger partial charge in [0, 0.05) is 25.0 Å². The Morgan fingerprint density at radius 1 is 1.26 bits per heavy atom. The van der Waals surface area contributed by atoms with Crippen LogP contribution in [0.4, 0.5) is 4.39 Å². The van der Waals surface area contributed by atoms with Crippen molar-refractivity contribution >= 4 is 29.1 Å². The van der Waals surface area contributed by atoms with E-state index in [-0.39, 0.29) is 12.5 Å². The van der Waals surface area contributed by atoms with Crippen molar-refractivity contribution in [3.8, 4) is 11.4 Å². The number of nitrogens with zero attached hydrogens (tertiary/aromatic N) is 2. The second kappa shape index (κ2) is 8.41. The Bertz CT molecular complexity index is 948. The summed E-state index contributed by atoms with van der Waals surface area (Å²) < 4.78 is 21.4. The molecule has 2 aromatic carbocycles. The zero-order chi connectivity index (χ0) is 19.4. The standard InChI is InChI=1S/C19H16Cl2FN3O2/c1-12(27-14-3-4-15(20)16(21)9-14)19(26)24-10-13-2-5-18(17(22)8-13)25-7-6-23-11-25/h2-9,11-12H,10H2,1H3,(H,24,26). The van der Waals surface area contributed by atoms with Crippen molar-refractivity contribution in [2.45, 2.75) is 19.6 Å². The molecule has 3 rings (SSSR count). The maximum atomic E-state index is 14.2. The molecule has 0 saturated carbocycles. The number of aromatic nitrogens is 2. The van der Waals surface area contributed by atoms with Crippen molar-refractivity contribution in [2.75, 3.05) is 0 Å². The second-order valence-corrected chi connectivity index (χ2v) is 6.62. The van der Waals surface area contributed by atoms with E-state index < -0.39 is 11.9 Å². The van der Waals surface area contributed by atoms with Crippen LogP contribution >= 0.6 is 23.2 Å². The number of benzene rings is 2. The van der Waals surface area contributed by atoms with Crippen molar-refractivity contribution in [3.63, 3.8) is 0 Å². The van der Waals surface area contributed by atoms with Gasteiger partial charge in [0.2, 0.25) is 0 Å². The summed E-state index contributed by atoms with van der Waals surface area (Å²) in [5.41, 5.74) is 1.02. The number of imidazole rings is 1. The number of nitrogens with one attached hydrogen (secondary N) is 1. The van der Waals surface area contributed by atoms with Crippen LogP contribution in [0.5, 0.6) is 5.75 Å². The van der Waals surface area contributed by atoms with Gasteiger partial charge in [-0.2, -0.15) is 0 Å². The molecule has 0 bridgehead atoms. The van der Waals surface area contributed by atoms with Crippen molar-refractivity contribution in [1.82, 2.24) is 14.9 Å². The van der Waals surface area contributed by atoms with Crippen LogP contribution in [-0.2, 0) is 11.3 Å². The Labute approximate surface area is 165 Å². The van der Waals surface area contributed by atoms with E-state index in [2.05, 4.69) is 10.3 Å². The summed E-state index contributed by atoms with van der Waals surface area (Å²) in [5.74, 6) is -0.303. The van der Waals surface area contributed by atoms with E-state index >= 15 is 0 Å². The van der Waals surface area contributed by atoms with Gasteiger partial charge in [-0.1, -0.05) is 29.3 Å². The predicted molar refractivity (Wildman–Crippen MR) is 102 cm³/mol. The first-order chi connectivity index (χ1) is 12.9.